The molecule has 2 aromatic carbocycles. The maximum absolute atomic E-state index is 12.5. The number of nitrogens with zero attached hydrogens (tertiary/aromatic N) is 1. The number of hydrogen-bond donors (Lipinski definition) is 2. The van der Waals surface area contributed by atoms with Gasteiger partial charge in [-0.15, -0.1) is 11.3 Å². The van der Waals surface area contributed by atoms with Gasteiger partial charge in [0.1, 0.15) is 0 Å². The normalized spacial score (nSPS) is 11.4. The largest absolute Gasteiger partial charge is 0.416 e. The van der Waals surface area contributed by atoms with E-state index in [2.05, 4.69) is 15.6 Å². The molecule has 1 aromatic heterocycles. The predicted octanol–water partition coefficient (Wildman–Crippen LogP) is 4.18. The number of rotatable bonds is 8. The lowest BCUT2D eigenvalue weighted by molar-refractivity contribution is -0.137. The van der Waals surface area contributed by atoms with Crippen LogP contribution < -0.4 is 10.6 Å². The van der Waals surface area contributed by atoms with E-state index in [0.29, 0.717) is 12.8 Å². The zero-order valence-corrected chi connectivity index (χ0v) is 16.8. The van der Waals surface area contributed by atoms with Crippen LogP contribution in [0.15, 0.2) is 48.5 Å². The van der Waals surface area contributed by atoms with Crippen LogP contribution in [-0.2, 0) is 17.4 Å². The number of aryl methyl sites for hydroxylation is 1. The van der Waals surface area contributed by atoms with Crippen LogP contribution in [0.25, 0.3) is 10.2 Å². The van der Waals surface area contributed by atoms with Gasteiger partial charge >= 0.3 is 6.18 Å². The lowest BCUT2D eigenvalue weighted by atomic mass is 10.1. The molecule has 0 unspecified atom stereocenters. The van der Waals surface area contributed by atoms with Crippen molar-refractivity contribution in [2.45, 2.75) is 25.4 Å². The summed E-state index contributed by atoms with van der Waals surface area (Å²) in [4.78, 5) is 28.4. The molecule has 0 bridgehead atoms. The Hall–Kier alpha value is -2.94. The summed E-state index contributed by atoms with van der Waals surface area (Å²) in [6.07, 6.45) is -2.70. The van der Waals surface area contributed by atoms with Gasteiger partial charge in [-0.1, -0.05) is 12.1 Å². The van der Waals surface area contributed by atoms with Crippen molar-refractivity contribution in [3.63, 3.8) is 0 Å². The molecule has 0 radical (unpaired) electrons. The second-order valence-corrected chi connectivity index (χ2v) is 7.73. The maximum Gasteiger partial charge on any atom is 0.416 e. The molecule has 0 atom stereocenters. The van der Waals surface area contributed by atoms with Gasteiger partial charge in [-0.05, 0) is 49.2 Å². The van der Waals surface area contributed by atoms with Crippen molar-refractivity contribution in [2.24, 2.45) is 0 Å². The first-order valence-electron chi connectivity index (χ1n) is 9.39. The highest BCUT2D eigenvalue weighted by Gasteiger charge is 2.30. The minimum absolute atomic E-state index is 0.125. The zero-order valence-electron chi connectivity index (χ0n) is 16.0. The van der Waals surface area contributed by atoms with Gasteiger partial charge in [-0.3, -0.25) is 9.59 Å². The molecule has 5 nitrogen and oxygen atoms in total. The summed E-state index contributed by atoms with van der Waals surface area (Å²) in [5, 5.41) is 6.27. The van der Waals surface area contributed by atoms with E-state index in [9.17, 15) is 22.8 Å². The molecular weight excluding hydrogens is 415 g/mol. The minimum Gasteiger partial charge on any atom is -0.354 e. The quantitative estimate of drug-likeness (QED) is 0.522. The number of benzene rings is 2. The van der Waals surface area contributed by atoms with Crippen LogP contribution >= 0.6 is 11.3 Å². The van der Waals surface area contributed by atoms with Crippen molar-refractivity contribution in [1.82, 2.24) is 15.6 Å². The number of fused-ring (bicyclic) bond motifs is 1. The molecular formula is C21H20F3N3O2S. The Balaban J connectivity index is 1.32. The highest BCUT2D eigenvalue weighted by atomic mass is 32.1. The van der Waals surface area contributed by atoms with Gasteiger partial charge in [0.15, 0.2) is 0 Å². The Kier molecular flexibility index (Phi) is 7.04. The molecule has 0 spiro atoms. The third kappa shape index (κ3) is 6.03. The molecule has 9 heteroatoms. The van der Waals surface area contributed by atoms with Crippen molar-refractivity contribution in [2.75, 3.05) is 13.1 Å². The number of carbonyl (C=O) groups is 2. The standard InChI is InChI=1S/C21H20F3N3O2S/c22-21(23,24)15-10-8-14(9-11-15)20(29)26-13-12-25-18(28)6-3-7-19-27-16-4-1-2-5-17(16)30-19/h1-2,4-5,8-11H,3,6-7,12-13H2,(H,25,28)(H,26,29). The van der Waals surface area contributed by atoms with Crippen LogP contribution in [0.5, 0.6) is 0 Å². The third-order valence-corrected chi connectivity index (χ3v) is 5.44. The summed E-state index contributed by atoms with van der Waals surface area (Å²) >= 11 is 1.62. The van der Waals surface area contributed by atoms with Crippen molar-refractivity contribution >= 4 is 33.4 Å². The van der Waals surface area contributed by atoms with Crippen LogP contribution in [0.2, 0.25) is 0 Å². The number of hydrogen-bond acceptors (Lipinski definition) is 4. The van der Waals surface area contributed by atoms with Crippen LogP contribution in [0.3, 0.4) is 0 Å². The smallest absolute Gasteiger partial charge is 0.354 e. The topological polar surface area (TPSA) is 71.1 Å². The van der Waals surface area contributed by atoms with Gasteiger partial charge in [-0.25, -0.2) is 4.98 Å². The van der Waals surface area contributed by atoms with E-state index in [1.54, 1.807) is 11.3 Å². The fraction of sp³-hybridized carbons (Fsp3) is 0.286. The van der Waals surface area contributed by atoms with Crippen LogP contribution in [0.4, 0.5) is 13.2 Å². The van der Waals surface area contributed by atoms with Gasteiger partial charge in [0.05, 0.1) is 20.8 Å². The average Bonchev–Trinajstić information content (AvgIpc) is 3.13. The molecule has 1 heterocycles. The van der Waals surface area contributed by atoms with Crippen LogP contribution in [0, 0.1) is 0 Å². The molecule has 3 aromatic rings. The number of halogens is 3. The minimum atomic E-state index is -4.44. The second kappa shape index (κ2) is 9.71. The van der Waals surface area contributed by atoms with E-state index in [0.717, 1.165) is 45.9 Å². The average molecular weight is 435 g/mol. The first-order chi connectivity index (χ1) is 14.3. The highest BCUT2D eigenvalue weighted by molar-refractivity contribution is 7.18. The molecule has 0 aliphatic carbocycles. The number of carbonyl (C=O) groups excluding carboxylic acids is 2. The summed E-state index contributed by atoms with van der Waals surface area (Å²) in [7, 11) is 0. The van der Waals surface area contributed by atoms with Gasteiger partial charge in [0.2, 0.25) is 5.91 Å². The Bertz CT molecular complexity index is 983. The molecule has 30 heavy (non-hydrogen) atoms. The molecule has 3 rings (SSSR count). The van der Waals surface area contributed by atoms with Crippen molar-refractivity contribution in [3.05, 3.63) is 64.7 Å². The summed E-state index contributed by atoms with van der Waals surface area (Å²) in [6.45, 7) is 0.426. The third-order valence-electron chi connectivity index (χ3n) is 4.34. The van der Waals surface area contributed by atoms with Crippen molar-refractivity contribution in [3.8, 4) is 0 Å². The number of alkyl halides is 3. The van der Waals surface area contributed by atoms with Crippen LogP contribution in [0.1, 0.15) is 33.8 Å². The molecule has 2 amide bonds. The van der Waals surface area contributed by atoms with Gasteiger partial charge in [-0.2, -0.15) is 13.2 Å². The fourth-order valence-corrected chi connectivity index (χ4v) is 3.82. The molecule has 158 valence electrons. The first-order valence-corrected chi connectivity index (χ1v) is 10.2. The lowest BCUT2D eigenvalue weighted by Gasteiger charge is -2.09. The monoisotopic (exact) mass is 435 g/mol. The Morgan fingerprint density at radius 2 is 1.67 bits per heavy atom. The first kappa shape index (κ1) is 21.8. The van der Waals surface area contributed by atoms with E-state index in [1.807, 2.05) is 24.3 Å². The number of nitrogens with one attached hydrogen (secondary N) is 2. The zero-order chi connectivity index (χ0) is 21.6. The lowest BCUT2D eigenvalue weighted by Crippen LogP contribution is -2.34. The van der Waals surface area contributed by atoms with E-state index in [1.165, 1.54) is 0 Å². The van der Waals surface area contributed by atoms with Crippen molar-refractivity contribution < 1.29 is 22.8 Å². The summed E-state index contributed by atoms with van der Waals surface area (Å²) < 4.78 is 38.7. The van der Waals surface area contributed by atoms with Crippen LogP contribution in [-0.4, -0.2) is 29.9 Å². The van der Waals surface area contributed by atoms with Gasteiger partial charge in [0, 0.05) is 25.1 Å². The number of aromatic nitrogens is 1. The van der Waals surface area contributed by atoms with E-state index in [-0.39, 0.29) is 24.6 Å². The SMILES string of the molecule is O=C(CCCc1nc2ccccc2s1)NCCNC(=O)c1ccc(C(F)(F)F)cc1. The van der Waals surface area contributed by atoms with Gasteiger partial charge < -0.3 is 10.6 Å². The number of thiazole rings is 1. The number of para-hydroxylation sites is 1. The second-order valence-electron chi connectivity index (χ2n) is 6.61. The number of amides is 2. The molecule has 0 aliphatic heterocycles. The van der Waals surface area contributed by atoms with Gasteiger partial charge in [0.25, 0.3) is 5.91 Å². The molecule has 2 N–H and O–H groups in total. The highest BCUT2D eigenvalue weighted by Crippen LogP contribution is 2.29. The maximum atomic E-state index is 12.5. The Morgan fingerprint density at radius 3 is 2.37 bits per heavy atom. The molecule has 0 saturated carbocycles. The van der Waals surface area contributed by atoms with E-state index >= 15 is 0 Å². The summed E-state index contributed by atoms with van der Waals surface area (Å²) in [5.74, 6) is -0.617. The fourth-order valence-electron chi connectivity index (χ4n) is 2.81. The molecule has 0 aliphatic rings. The summed E-state index contributed by atoms with van der Waals surface area (Å²) in [6, 6.07) is 11.9. The van der Waals surface area contributed by atoms with E-state index < -0.39 is 17.6 Å². The molecule has 0 saturated heterocycles. The van der Waals surface area contributed by atoms with E-state index in [4.69, 9.17) is 0 Å². The Labute approximate surface area is 175 Å². The Morgan fingerprint density at radius 1 is 0.967 bits per heavy atom. The van der Waals surface area contributed by atoms with Crippen molar-refractivity contribution in [1.29, 1.82) is 0 Å². The predicted molar refractivity (Wildman–Crippen MR) is 109 cm³/mol. The summed E-state index contributed by atoms with van der Waals surface area (Å²) in [5.41, 5.74) is 0.285. The molecule has 0 fully saturated rings.